The summed E-state index contributed by atoms with van der Waals surface area (Å²) in [6.45, 7) is 1.82. The van der Waals surface area contributed by atoms with E-state index < -0.39 is 0 Å². The number of aryl methyl sites for hydroxylation is 1. The van der Waals surface area contributed by atoms with Crippen LogP contribution in [0.15, 0.2) is 30.5 Å². The minimum absolute atomic E-state index is 0.00818. The highest BCUT2D eigenvalue weighted by Crippen LogP contribution is 2.27. The smallest absolute Gasteiger partial charge is 0.225 e. The van der Waals surface area contributed by atoms with Gasteiger partial charge in [-0.1, -0.05) is 19.3 Å². The van der Waals surface area contributed by atoms with Crippen LogP contribution in [0.2, 0.25) is 0 Å². The van der Waals surface area contributed by atoms with Gasteiger partial charge in [0.25, 0.3) is 0 Å². The topological polar surface area (TPSA) is 54.9 Å². The molecule has 4 nitrogen and oxygen atoms in total. The van der Waals surface area contributed by atoms with E-state index in [1.165, 1.54) is 31.4 Å². The normalized spacial score (nSPS) is 15.2. The molecule has 2 aromatic rings. The minimum Gasteiger partial charge on any atom is -0.309 e. The van der Waals surface area contributed by atoms with Crippen molar-refractivity contribution in [2.45, 2.75) is 45.4 Å². The predicted octanol–water partition coefficient (Wildman–Crippen LogP) is 4.50. The zero-order valence-electron chi connectivity index (χ0n) is 13.9. The van der Waals surface area contributed by atoms with Gasteiger partial charge in [0.05, 0.1) is 17.6 Å². The van der Waals surface area contributed by atoms with Gasteiger partial charge in [0.1, 0.15) is 5.82 Å². The number of carbonyl (C=O) groups excluding carboxylic acids is 1. The van der Waals surface area contributed by atoms with Crippen LogP contribution >= 0.6 is 0 Å². The maximum atomic E-state index is 13.0. The molecule has 126 valence electrons. The molecule has 0 saturated heterocycles. The number of rotatable bonds is 4. The lowest BCUT2D eigenvalue weighted by molar-refractivity contribution is -0.117. The zero-order chi connectivity index (χ0) is 16.9. The number of anilines is 1. The maximum absolute atomic E-state index is 13.0. The van der Waals surface area contributed by atoms with E-state index in [4.69, 9.17) is 0 Å². The molecule has 5 heteroatoms. The third-order valence-electron chi connectivity index (χ3n) is 4.54. The van der Waals surface area contributed by atoms with Gasteiger partial charge in [0.2, 0.25) is 5.91 Å². The summed E-state index contributed by atoms with van der Waals surface area (Å²) >= 11 is 0. The largest absolute Gasteiger partial charge is 0.309 e. The van der Waals surface area contributed by atoms with Crippen molar-refractivity contribution >= 4 is 11.7 Å². The Labute approximate surface area is 141 Å². The van der Waals surface area contributed by atoms with Gasteiger partial charge in [0, 0.05) is 12.0 Å². The van der Waals surface area contributed by atoms with E-state index in [1.54, 1.807) is 18.3 Å². The third kappa shape index (κ3) is 4.16. The molecule has 1 amide bonds. The molecule has 1 heterocycles. The van der Waals surface area contributed by atoms with Gasteiger partial charge in [-0.05, 0) is 49.9 Å². The van der Waals surface area contributed by atoms with Crippen molar-refractivity contribution in [3.63, 3.8) is 0 Å². The van der Waals surface area contributed by atoms with Crippen molar-refractivity contribution < 1.29 is 9.18 Å². The molecule has 0 aliphatic heterocycles. The summed E-state index contributed by atoms with van der Waals surface area (Å²) in [4.78, 5) is 21.0. The van der Waals surface area contributed by atoms with Gasteiger partial charge >= 0.3 is 0 Å². The first-order valence-corrected chi connectivity index (χ1v) is 8.51. The van der Waals surface area contributed by atoms with Crippen LogP contribution in [-0.4, -0.2) is 15.9 Å². The summed E-state index contributed by atoms with van der Waals surface area (Å²) in [6.07, 6.45) is 8.18. The molecule has 0 unspecified atom stereocenters. The summed E-state index contributed by atoms with van der Waals surface area (Å²) in [5, 5.41) is 2.87. The van der Waals surface area contributed by atoms with Crippen molar-refractivity contribution in [1.29, 1.82) is 0 Å². The van der Waals surface area contributed by atoms with Crippen LogP contribution in [0.1, 0.15) is 44.2 Å². The second-order valence-corrected chi connectivity index (χ2v) is 6.45. The Kier molecular flexibility index (Phi) is 5.18. The van der Waals surface area contributed by atoms with Crippen LogP contribution in [0.5, 0.6) is 0 Å². The lowest BCUT2D eigenvalue weighted by Crippen LogP contribution is -2.19. The number of carbonyl (C=O) groups is 1. The van der Waals surface area contributed by atoms with Crippen LogP contribution < -0.4 is 5.32 Å². The Hall–Kier alpha value is -2.30. The summed E-state index contributed by atoms with van der Waals surface area (Å²) in [5.74, 6) is 0.719. The Bertz CT molecular complexity index is 709. The number of aromatic nitrogens is 2. The van der Waals surface area contributed by atoms with Crippen LogP contribution in [-0.2, 0) is 4.79 Å². The molecule has 1 aliphatic rings. The molecule has 1 aromatic carbocycles. The lowest BCUT2D eigenvalue weighted by atomic mass is 9.87. The van der Waals surface area contributed by atoms with Crippen LogP contribution in [0, 0.1) is 18.7 Å². The molecule has 0 spiro atoms. The van der Waals surface area contributed by atoms with Crippen molar-refractivity contribution in [3.8, 4) is 11.3 Å². The number of halogens is 1. The molecule has 1 aromatic heterocycles. The van der Waals surface area contributed by atoms with Crippen molar-refractivity contribution in [2.24, 2.45) is 5.92 Å². The van der Waals surface area contributed by atoms with E-state index in [9.17, 15) is 9.18 Å². The first-order chi connectivity index (χ1) is 11.6. The minimum atomic E-state index is -0.282. The molecule has 1 saturated carbocycles. The molecule has 0 atom stereocenters. The van der Waals surface area contributed by atoms with E-state index in [0.29, 0.717) is 29.5 Å². The number of hydrogen-bond acceptors (Lipinski definition) is 3. The second kappa shape index (κ2) is 7.51. The summed E-state index contributed by atoms with van der Waals surface area (Å²) in [6, 6.07) is 6.12. The second-order valence-electron chi connectivity index (χ2n) is 6.45. The molecular weight excluding hydrogens is 305 g/mol. The van der Waals surface area contributed by atoms with E-state index in [1.807, 2.05) is 6.92 Å². The SMILES string of the molecule is Cc1nc(-c2ccc(F)cc2)cnc1NC(=O)CC1CCCCC1. The van der Waals surface area contributed by atoms with Gasteiger partial charge in [-0.25, -0.2) is 14.4 Å². The molecule has 24 heavy (non-hydrogen) atoms. The van der Waals surface area contributed by atoms with Gasteiger partial charge in [-0.15, -0.1) is 0 Å². The summed E-state index contributed by atoms with van der Waals surface area (Å²) < 4.78 is 13.0. The highest BCUT2D eigenvalue weighted by Gasteiger charge is 2.18. The van der Waals surface area contributed by atoms with Gasteiger partial charge in [0.15, 0.2) is 5.82 Å². The Balaban J connectivity index is 1.66. The Morgan fingerprint density at radius 2 is 1.92 bits per heavy atom. The lowest BCUT2D eigenvalue weighted by Gasteiger charge is -2.20. The van der Waals surface area contributed by atoms with Crippen LogP contribution in [0.4, 0.5) is 10.2 Å². The van der Waals surface area contributed by atoms with Crippen LogP contribution in [0.25, 0.3) is 11.3 Å². The van der Waals surface area contributed by atoms with Crippen molar-refractivity contribution in [3.05, 3.63) is 42.0 Å². The predicted molar refractivity (Wildman–Crippen MR) is 92.0 cm³/mol. The van der Waals surface area contributed by atoms with E-state index in [0.717, 1.165) is 18.4 Å². The quantitative estimate of drug-likeness (QED) is 0.899. The van der Waals surface area contributed by atoms with E-state index in [2.05, 4.69) is 15.3 Å². The molecule has 0 bridgehead atoms. The molecule has 1 N–H and O–H groups in total. The molecule has 0 radical (unpaired) electrons. The first-order valence-electron chi connectivity index (χ1n) is 8.51. The monoisotopic (exact) mass is 327 g/mol. The van der Waals surface area contributed by atoms with Gasteiger partial charge in [-0.3, -0.25) is 4.79 Å². The maximum Gasteiger partial charge on any atom is 0.225 e. The van der Waals surface area contributed by atoms with E-state index >= 15 is 0 Å². The van der Waals surface area contributed by atoms with Crippen molar-refractivity contribution in [2.75, 3.05) is 5.32 Å². The third-order valence-corrected chi connectivity index (χ3v) is 4.54. The standard InChI is InChI=1S/C19H22FN3O/c1-13-19(23-18(24)11-14-5-3-2-4-6-14)21-12-17(22-13)15-7-9-16(20)10-8-15/h7-10,12,14H,2-6,11H2,1H3,(H,21,23,24). The number of hydrogen-bond donors (Lipinski definition) is 1. The number of amides is 1. The number of nitrogens with one attached hydrogen (secondary N) is 1. The average molecular weight is 327 g/mol. The molecule has 1 aliphatic carbocycles. The fourth-order valence-corrected chi connectivity index (χ4v) is 3.20. The zero-order valence-corrected chi connectivity index (χ0v) is 13.9. The summed E-state index contributed by atoms with van der Waals surface area (Å²) in [7, 11) is 0. The fourth-order valence-electron chi connectivity index (χ4n) is 3.20. The highest BCUT2D eigenvalue weighted by molar-refractivity contribution is 5.90. The summed E-state index contributed by atoms with van der Waals surface area (Å²) in [5.41, 5.74) is 2.12. The van der Waals surface area contributed by atoms with E-state index in [-0.39, 0.29) is 11.7 Å². The number of benzene rings is 1. The number of nitrogens with zero attached hydrogens (tertiary/aromatic N) is 2. The Morgan fingerprint density at radius 3 is 2.58 bits per heavy atom. The fraction of sp³-hybridized carbons (Fsp3) is 0.421. The van der Waals surface area contributed by atoms with Gasteiger partial charge in [-0.2, -0.15) is 0 Å². The molecule has 1 fully saturated rings. The van der Waals surface area contributed by atoms with Gasteiger partial charge < -0.3 is 5.32 Å². The van der Waals surface area contributed by atoms with Crippen molar-refractivity contribution in [1.82, 2.24) is 9.97 Å². The highest BCUT2D eigenvalue weighted by atomic mass is 19.1. The Morgan fingerprint density at radius 1 is 1.21 bits per heavy atom. The average Bonchev–Trinajstić information content (AvgIpc) is 2.58. The first kappa shape index (κ1) is 16.6. The van der Waals surface area contributed by atoms with Crippen LogP contribution in [0.3, 0.4) is 0 Å². The molecule has 3 rings (SSSR count). The molecular formula is C19H22FN3O.